The summed E-state index contributed by atoms with van der Waals surface area (Å²) in [6.45, 7) is 1.63. The minimum absolute atomic E-state index is 0.00708. The predicted molar refractivity (Wildman–Crippen MR) is 92.3 cm³/mol. The number of halogens is 2. The molecule has 0 saturated carbocycles. The van der Waals surface area contributed by atoms with Crippen LogP contribution in [-0.2, 0) is 0 Å². The highest BCUT2D eigenvalue weighted by Gasteiger charge is 2.08. The van der Waals surface area contributed by atoms with Crippen LogP contribution >= 0.6 is 0 Å². The van der Waals surface area contributed by atoms with E-state index in [1.54, 1.807) is 25.1 Å². The van der Waals surface area contributed by atoms with Gasteiger partial charge in [-0.1, -0.05) is 18.2 Å². The molecule has 0 saturated heterocycles. The summed E-state index contributed by atoms with van der Waals surface area (Å²) in [5, 5.41) is 4.99. The number of benzene rings is 2. The third-order valence-corrected chi connectivity index (χ3v) is 3.35. The van der Waals surface area contributed by atoms with E-state index in [1.165, 1.54) is 36.7 Å². The second-order valence-corrected chi connectivity index (χ2v) is 5.33. The Labute approximate surface area is 147 Å². The van der Waals surface area contributed by atoms with Gasteiger partial charge >= 0.3 is 12.0 Å². The molecule has 3 rings (SSSR count). The Morgan fingerprint density at radius 1 is 0.962 bits per heavy atom. The number of nitrogens with one attached hydrogen (secondary N) is 2. The van der Waals surface area contributed by atoms with Gasteiger partial charge in [0.2, 0.25) is 0 Å². The van der Waals surface area contributed by atoms with Gasteiger partial charge in [-0.15, -0.1) is 0 Å². The molecule has 132 valence electrons. The first kappa shape index (κ1) is 17.3. The van der Waals surface area contributed by atoms with E-state index in [9.17, 15) is 13.6 Å². The highest BCUT2D eigenvalue weighted by molar-refractivity contribution is 5.99. The Balaban J connectivity index is 1.61. The molecule has 8 heteroatoms. The molecule has 0 spiro atoms. The first-order valence-electron chi connectivity index (χ1n) is 7.60. The maximum atomic E-state index is 13.5. The largest absolute Gasteiger partial charge is 0.421 e. The fourth-order valence-corrected chi connectivity index (χ4v) is 2.02. The van der Waals surface area contributed by atoms with E-state index in [2.05, 4.69) is 20.6 Å². The van der Waals surface area contributed by atoms with Gasteiger partial charge < -0.3 is 15.4 Å². The van der Waals surface area contributed by atoms with Crippen molar-refractivity contribution in [2.45, 2.75) is 6.92 Å². The fourth-order valence-electron chi connectivity index (χ4n) is 2.02. The van der Waals surface area contributed by atoms with E-state index < -0.39 is 17.7 Å². The van der Waals surface area contributed by atoms with Crippen LogP contribution in [0.1, 0.15) is 5.56 Å². The lowest BCUT2D eigenvalue weighted by molar-refractivity contribution is 0.262. The zero-order chi connectivity index (χ0) is 18.5. The van der Waals surface area contributed by atoms with Crippen molar-refractivity contribution in [3.63, 3.8) is 0 Å². The van der Waals surface area contributed by atoms with Crippen LogP contribution in [0.15, 0.2) is 54.9 Å². The summed E-state index contributed by atoms with van der Waals surface area (Å²) < 4.78 is 32.2. The highest BCUT2D eigenvalue weighted by Crippen LogP contribution is 2.21. The molecule has 2 amide bonds. The summed E-state index contributed by atoms with van der Waals surface area (Å²) in [7, 11) is 0. The number of para-hydroxylation sites is 1. The number of aromatic nitrogens is 2. The number of urea groups is 1. The number of hydrogen-bond acceptors (Lipinski definition) is 4. The molecule has 0 aliphatic rings. The number of amides is 2. The summed E-state index contributed by atoms with van der Waals surface area (Å²) in [5.74, 6) is -0.962. The van der Waals surface area contributed by atoms with Gasteiger partial charge in [-0.3, -0.25) is 0 Å². The van der Waals surface area contributed by atoms with E-state index >= 15 is 0 Å². The van der Waals surface area contributed by atoms with Crippen LogP contribution < -0.4 is 15.4 Å². The number of rotatable bonds is 4. The number of carbonyl (C=O) groups is 1. The van der Waals surface area contributed by atoms with Gasteiger partial charge in [-0.05, 0) is 36.8 Å². The summed E-state index contributed by atoms with van der Waals surface area (Å²) >= 11 is 0. The van der Waals surface area contributed by atoms with Crippen LogP contribution in [0.5, 0.6) is 11.8 Å². The quantitative estimate of drug-likeness (QED) is 0.722. The molecule has 3 aromatic rings. The average molecular weight is 356 g/mol. The van der Waals surface area contributed by atoms with Crippen LogP contribution in [-0.4, -0.2) is 16.0 Å². The Hall–Kier alpha value is -3.55. The number of nitrogens with zero attached hydrogens (tertiary/aromatic N) is 2. The summed E-state index contributed by atoms with van der Waals surface area (Å²) in [5.41, 5.74) is 1.08. The highest BCUT2D eigenvalue weighted by atomic mass is 19.1. The molecule has 1 heterocycles. The third-order valence-electron chi connectivity index (χ3n) is 3.35. The number of anilines is 2. The third kappa shape index (κ3) is 4.29. The Morgan fingerprint density at radius 3 is 2.35 bits per heavy atom. The molecule has 2 N–H and O–H groups in total. The monoisotopic (exact) mass is 356 g/mol. The lowest BCUT2D eigenvalue weighted by atomic mass is 10.2. The Bertz CT molecular complexity index is 933. The molecule has 0 radical (unpaired) electrons. The lowest BCUT2D eigenvalue weighted by Crippen LogP contribution is -2.19. The average Bonchev–Trinajstić information content (AvgIpc) is 2.62. The van der Waals surface area contributed by atoms with Crippen molar-refractivity contribution in [2.75, 3.05) is 10.6 Å². The molecule has 0 bridgehead atoms. The minimum atomic E-state index is -0.584. The second kappa shape index (κ2) is 7.56. The Kier molecular flexibility index (Phi) is 5.02. The van der Waals surface area contributed by atoms with E-state index in [0.29, 0.717) is 11.3 Å². The smallest absolute Gasteiger partial charge is 0.323 e. The maximum absolute atomic E-state index is 13.5. The minimum Gasteiger partial charge on any atom is -0.421 e. The van der Waals surface area contributed by atoms with Crippen molar-refractivity contribution in [2.24, 2.45) is 0 Å². The molecule has 6 nitrogen and oxygen atoms in total. The number of ether oxygens (including phenoxy) is 1. The SMILES string of the molecule is Cc1ccc(NC(=O)Nc2cnc(Oc3ccccc3F)nc2)cc1F. The van der Waals surface area contributed by atoms with Crippen LogP contribution in [0.4, 0.5) is 25.0 Å². The fraction of sp³-hybridized carbons (Fsp3) is 0.0556. The molecule has 1 aromatic heterocycles. The summed E-state index contributed by atoms with van der Waals surface area (Å²) in [6, 6.07) is 9.56. The number of hydrogen-bond donors (Lipinski definition) is 2. The molecular formula is C18H14F2N4O2. The molecule has 2 aromatic carbocycles. The van der Waals surface area contributed by atoms with E-state index in [4.69, 9.17) is 4.74 Å². The van der Waals surface area contributed by atoms with Gasteiger partial charge in [-0.2, -0.15) is 0 Å². The van der Waals surface area contributed by atoms with E-state index in [-0.39, 0.29) is 17.4 Å². The molecule has 0 aliphatic carbocycles. The molecular weight excluding hydrogens is 342 g/mol. The first-order valence-corrected chi connectivity index (χ1v) is 7.60. The van der Waals surface area contributed by atoms with Crippen molar-refractivity contribution < 1.29 is 18.3 Å². The molecule has 0 aliphatic heterocycles. The van der Waals surface area contributed by atoms with Gasteiger partial charge in [0.05, 0.1) is 18.1 Å². The molecule has 0 fully saturated rings. The summed E-state index contributed by atoms with van der Waals surface area (Å²) in [6.07, 6.45) is 2.61. The van der Waals surface area contributed by atoms with E-state index in [0.717, 1.165) is 0 Å². The Morgan fingerprint density at radius 2 is 1.65 bits per heavy atom. The van der Waals surface area contributed by atoms with Crippen LogP contribution in [0.2, 0.25) is 0 Å². The second-order valence-electron chi connectivity index (χ2n) is 5.33. The van der Waals surface area contributed by atoms with Gasteiger partial charge in [0.15, 0.2) is 11.6 Å². The zero-order valence-corrected chi connectivity index (χ0v) is 13.7. The molecule has 26 heavy (non-hydrogen) atoms. The van der Waals surface area contributed by atoms with E-state index in [1.807, 2.05) is 0 Å². The van der Waals surface area contributed by atoms with Crippen molar-refractivity contribution in [3.8, 4) is 11.8 Å². The van der Waals surface area contributed by atoms with Gasteiger partial charge in [-0.25, -0.2) is 23.5 Å². The maximum Gasteiger partial charge on any atom is 0.323 e. The topological polar surface area (TPSA) is 76.1 Å². The van der Waals surface area contributed by atoms with Gasteiger partial charge in [0.25, 0.3) is 0 Å². The standard InChI is InChI=1S/C18H14F2N4O2/c1-11-6-7-12(8-15(11)20)23-17(25)24-13-9-21-18(22-10-13)26-16-5-3-2-4-14(16)19/h2-10H,1H3,(H2,23,24,25). The van der Waals surface area contributed by atoms with Crippen molar-refractivity contribution in [1.82, 2.24) is 9.97 Å². The van der Waals surface area contributed by atoms with Gasteiger partial charge in [0.1, 0.15) is 5.82 Å². The van der Waals surface area contributed by atoms with Gasteiger partial charge in [0, 0.05) is 5.69 Å². The first-order chi connectivity index (χ1) is 12.5. The predicted octanol–water partition coefficient (Wildman–Crippen LogP) is 4.50. The van der Waals surface area contributed by atoms with Crippen molar-refractivity contribution in [1.29, 1.82) is 0 Å². The molecule has 0 unspecified atom stereocenters. The number of carbonyl (C=O) groups excluding carboxylic acids is 1. The normalized spacial score (nSPS) is 10.3. The van der Waals surface area contributed by atoms with Crippen molar-refractivity contribution in [3.05, 3.63) is 72.1 Å². The van der Waals surface area contributed by atoms with Crippen LogP contribution in [0.25, 0.3) is 0 Å². The zero-order valence-electron chi connectivity index (χ0n) is 13.7. The van der Waals surface area contributed by atoms with Crippen LogP contribution in [0.3, 0.4) is 0 Å². The molecule has 0 atom stereocenters. The number of aryl methyl sites for hydroxylation is 1. The summed E-state index contributed by atoms with van der Waals surface area (Å²) in [4.78, 5) is 19.7. The lowest BCUT2D eigenvalue weighted by Gasteiger charge is -2.09. The van der Waals surface area contributed by atoms with Crippen LogP contribution in [0, 0.1) is 18.6 Å². The van der Waals surface area contributed by atoms with Crippen molar-refractivity contribution >= 4 is 17.4 Å².